The van der Waals surface area contributed by atoms with Gasteiger partial charge in [-0.15, -0.1) is 13.2 Å². The maximum absolute atomic E-state index is 12.3. The zero-order valence-electron chi connectivity index (χ0n) is 11.6. The molecule has 2 aromatic rings. The predicted molar refractivity (Wildman–Crippen MR) is 76.3 cm³/mol. The van der Waals surface area contributed by atoms with Crippen molar-refractivity contribution in [1.29, 1.82) is 0 Å². The summed E-state index contributed by atoms with van der Waals surface area (Å²) in [7, 11) is 0. The summed E-state index contributed by atoms with van der Waals surface area (Å²) in [5, 5.41) is 2.96. The van der Waals surface area contributed by atoms with Crippen molar-refractivity contribution in [3.8, 4) is 5.75 Å². The lowest BCUT2D eigenvalue weighted by atomic mass is 10.1. The standard InChI is InChI=1S/C16H16F3NO/c1-2-12-7-9-13(10-8-12)11-20-14-5-3-4-6-15(14)21-16(17,18)19/h3-10,20H,2,11H2,1H3. The van der Waals surface area contributed by atoms with E-state index in [0.29, 0.717) is 12.2 Å². The number of anilines is 1. The van der Waals surface area contributed by atoms with E-state index in [1.54, 1.807) is 12.1 Å². The van der Waals surface area contributed by atoms with Crippen LogP contribution >= 0.6 is 0 Å². The number of alkyl halides is 3. The number of hydrogen-bond donors (Lipinski definition) is 1. The van der Waals surface area contributed by atoms with Crippen molar-refractivity contribution in [2.45, 2.75) is 26.3 Å². The molecule has 0 aliphatic carbocycles. The maximum atomic E-state index is 12.3. The summed E-state index contributed by atoms with van der Waals surface area (Å²) in [4.78, 5) is 0. The number of benzene rings is 2. The van der Waals surface area contributed by atoms with Gasteiger partial charge in [-0.05, 0) is 29.7 Å². The Hall–Kier alpha value is -2.17. The molecule has 0 aliphatic heterocycles. The van der Waals surface area contributed by atoms with Crippen LogP contribution in [0.3, 0.4) is 0 Å². The molecule has 0 saturated carbocycles. The van der Waals surface area contributed by atoms with Crippen molar-refractivity contribution in [1.82, 2.24) is 0 Å². The van der Waals surface area contributed by atoms with Gasteiger partial charge in [-0.25, -0.2) is 0 Å². The van der Waals surface area contributed by atoms with E-state index in [0.717, 1.165) is 12.0 Å². The highest BCUT2D eigenvalue weighted by Gasteiger charge is 2.32. The summed E-state index contributed by atoms with van der Waals surface area (Å²) in [6.45, 7) is 2.50. The molecule has 2 nitrogen and oxygen atoms in total. The fraction of sp³-hybridized carbons (Fsp3) is 0.250. The minimum Gasteiger partial charge on any atom is -0.404 e. The van der Waals surface area contributed by atoms with Gasteiger partial charge in [-0.2, -0.15) is 0 Å². The van der Waals surface area contributed by atoms with Crippen LogP contribution in [-0.2, 0) is 13.0 Å². The van der Waals surface area contributed by atoms with Crippen LogP contribution in [0.4, 0.5) is 18.9 Å². The quantitative estimate of drug-likeness (QED) is 0.858. The molecule has 0 bridgehead atoms. The first kappa shape index (κ1) is 15.2. The van der Waals surface area contributed by atoms with Gasteiger partial charge in [0.05, 0.1) is 5.69 Å². The summed E-state index contributed by atoms with van der Waals surface area (Å²) in [6, 6.07) is 13.9. The Bertz CT molecular complexity index is 579. The van der Waals surface area contributed by atoms with E-state index in [1.165, 1.54) is 17.7 Å². The van der Waals surface area contributed by atoms with E-state index in [1.807, 2.05) is 24.3 Å². The van der Waals surface area contributed by atoms with Gasteiger partial charge in [0.25, 0.3) is 0 Å². The highest BCUT2D eigenvalue weighted by atomic mass is 19.4. The Morgan fingerprint density at radius 1 is 0.952 bits per heavy atom. The SMILES string of the molecule is CCc1ccc(CNc2ccccc2OC(F)(F)F)cc1. The molecule has 0 unspecified atom stereocenters. The van der Waals surface area contributed by atoms with Crippen molar-refractivity contribution < 1.29 is 17.9 Å². The molecule has 0 heterocycles. The Kier molecular flexibility index (Phi) is 4.73. The molecule has 1 N–H and O–H groups in total. The fourth-order valence-corrected chi connectivity index (χ4v) is 1.92. The zero-order chi connectivity index (χ0) is 15.3. The van der Waals surface area contributed by atoms with Gasteiger partial charge in [0.15, 0.2) is 5.75 Å². The Labute approximate surface area is 121 Å². The minimum absolute atomic E-state index is 0.227. The topological polar surface area (TPSA) is 21.3 Å². The van der Waals surface area contributed by atoms with E-state index in [4.69, 9.17) is 0 Å². The molecule has 21 heavy (non-hydrogen) atoms. The third-order valence-electron chi connectivity index (χ3n) is 3.03. The molecule has 0 fully saturated rings. The van der Waals surface area contributed by atoms with Crippen LogP contribution in [0.25, 0.3) is 0 Å². The second-order valence-corrected chi connectivity index (χ2v) is 4.57. The molecule has 0 amide bonds. The van der Waals surface area contributed by atoms with Crippen molar-refractivity contribution >= 4 is 5.69 Å². The number of ether oxygens (including phenoxy) is 1. The monoisotopic (exact) mass is 295 g/mol. The highest BCUT2D eigenvalue weighted by Crippen LogP contribution is 2.30. The molecular weight excluding hydrogens is 279 g/mol. The Morgan fingerprint density at radius 3 is 2.19 bits per heavy atom. The summed E-state index contributed by atoms with van der Waals surface area (Å²) in [6.07, 6.45) is -3.74. The fourth-order valence-electron chi connectivity index (χ4n) is 1.92. The average molecular weight is 295 g/mol. The van der Waals surface area contributed by atoms with Gasteiger partial charge in [-0.1, -0.05) is 43.3 Å². The molecular formula is C16H16F3NO. The third-order valence-corrected chi connectivity index (χ3v) is 3.03. The minimum atomic E-state index is -4.69. The first-order chi connectivity index (χ1) is 9.98. The van der Waals surface area contributed by atoms with Crippen molar-refractivity contribution in [2.75, 3.05) is 5.32 Å². The van der Waals surface area contributed by atoms with E-state index in [9.17, 15) is 13.2 Å². The first-order valence-electron chi connectivity index (χ1n) is 6.64. The number of para-hydroxylation sites is 2. The smallest absolute Gasteiger partial charge is 0.404 e. The summed E-state index contributed by atoms with van der Waals surface area (Å²) in [5.41, 5.74) is 2.53. The van der Waals surface area contributed by atoms with Crippen LogP contribution < -0.4 is 10.1 Å². The molecule has 5 heteroatoms. The van der Waals surface area contributed by atoms with Gasteiger partial charge in [0.1, 0.15) is 0 Å². The highest BCUT2D eigenvalue weighted by molar-refractivity contribution is 5.56. The summed E-state index contributed by atoms with van der Waals surface area (Å²) < 4.78 is 40.9. The van der Waals surface area contributed by atoms with E-state index in [2.05, 4.69) is 17.0 Å². The van der Waals surface area contributed by atoms with Crippen LogP contribution in [0.1, 0.15) is 18.1 Å². The molecule has 0 aromatic heterocycles. The number of hydrogen-bond acceptors (Lipinski definition) is 2. The zero-order valence-corrected chi connectivity index (χ0v) is 11.6. The molecule has 112 valence electrons. The average Bonchev–Trinajstić information content (AvgIpc) is 2.45. The number of aryl methyl sites for hydroxylation is 1. The van der Waals surface area contributed by atoms with E-state index < -0.39 is 6.36 Å². The van der Waals surface area contributed by atoms with Crippen LogP contribution in [-0.4, -0.2) is 6.36 Å². The third kappa shape index (κ3) is 4.70. The van der Waals surface area contributed by atoms with Crippen LogP contribution in [0, 0.1) is 0 Å². The van der Waals surface area contributed by atoms with E-state index in [-0.39, 0.29) is 5.75 Å². The summed E-state index contributed by atoms with van der Waals surface area (Å²) >= 11 is 0. The number of rotatable bonds is 5. The first-order valence-corrected chi connectivity index (χ1v) is 6.64. The predicted octanol–water partition coefficient (Wildman–Crippen LogP) is 4.76. The lowest BCUT2D eigenvalue weighted by molar-refractivity contribution is -0.274. The van der Waals surface area contributed by atoms with Gasteiger partial charge in [-0.3, -0.25) is 0 Å². The van der Waals surface area contributed by atoms with Crippen LogP contribution in [0.2, 0.25) is 0 Å². The van der Waals surface area contributed by atoms with Gasteiger partial charge in [0.2, 0.25) is 0 Å². The van der Waals surface area contributed by atoms with Crippen LogP contribution in [0.15, 0.2) is 48.5 Å². The maximum Gasteiger partial charge on any atom is 0.573 e. The lowest BCUT2D eigenvalue weighted by Gasteiger charge is -2.14. The lowest BCUT2D eigenvalue weighted by Crippen LogP contribution is -2.18. The second kappa shape index (κ2) is 6.52. The number of nitrogens with one attached hydrogen (secondary N) is 1. The van der Waals surface area contributed by atoms with Gasteiger partial charge >= 0.3 is 6.36 Å². The molecule has 0 aliphatic rings. The molecule has 0 radical (unpaired) electrons. The van der Waals surface area contributed by atoms with Gasteiger partial charge < -0.3 is 10.1 Å². The Morgan fingerprint density at radius 2 is 1.57 bits per heavy atom. The molecule has 0 atom stereocenters. The van der Waals surface area contributed by atoms with Crippen molar-refractivity contribution in [2.24, 2.45) is 0 Å². The van der Waals surface area contributed by atoms with Crippen LogP contribution in [0.5, 0.6) is 5.75 Å². The Balaban J connectivity index is 2.05. The second-order valence-electron chi connectivity index (χ2n) is 4.57. The molecule has 0 saturated heterocycles. The van der Waals surface area contributed by atoms with Gasteiger partial charge in [0, 0.05) is 6.54 Å². The largest absolute Gasteiger partial charge is 0.573 e. The van der Waals surface area contributed by atoms with Crippen molar-refractivity contribution in [3.05, 3.63) is 59.7 Å². The van der Waals surface area contributed by atoms with Crippen molar-refractivity contribution in [3.63, 3.8) is 0 Å². The van der Waals surface area contributed by atoms with E-state index >= 15 is 0 Å². The molecule has 0 spiro atoms. The molecule has 2 aromatic carbocycles. The summed E-state index contributed by atoms with van der Waals surface area (Å²) in [5.74, 6) is -0.227. The number of halogens is 3. The normalized spacial score (nSPS) is 11.2. The molecule has 2 rings (SSSR count).